The minimum Gasteiger partial charge on any atom is -0.356 e. The van der Waals surface area contributed by atoms with E-state index < -0.39 is 0 Å². The Bertz CT molecular complexity index is 882. The van der Waals surface area contributed by atoms with E-state index in [9.17, 15) is 0 Å². The predicted molar refractivity (Wildman–Crippen MR) is 128 cm³/mol. The monoisotopic (exact) mass is 507 g/mol. The molecule has 156 valence electrons. The van der Waals surface area contributed by atoms with Crippen LogP contribution in [0.1, 0.15) is 23.4 Å². The van der Waals surface area contributed by atoms with E-state index >= 15 is 0 Å². The number of hydrogen-bond acceptors (Lipinski definition) is 3. The van der Waals surface area contributed by atoms with E-state index in [0.29, 0.717) is 0 Å². The highest BCUT2D eigenvalue weighted by molar-refractivity contribution is 14.0. The summed E-state index contributed by atoms with van der Waals surface area (Å²) in [4.78, 5) is 4.29. The van der Waals surface area contributed by atoms with Gasteiger partial charge in [0.05, 0.1) is 11.4 Å². The van der Waals surface area contributed by atoms with Gasteiger partial charge in [-0.1, -0.05) is 12.1 Å². The van der Waals surface area contributed by atoms with Gasteiger partial charge >= 0.3 is 0 Å². The van der Waals surface area contributed by atoms with Gasteiger partial charge in [-0.2, -0.15) is 10.2 Å². The maximum absolute atomic E-state index is 4.49. The first-order valence-corrected chi connectivity index (χ1v) is 9.70. The minimum atomic E-state index is 0. The van der Waals surface area contributed by atoms with Gasteiger partial charge in [0.25, 0.3) is 0 Å². The third-order valence-electron chi connectivity index (χ3n) is 4.58. The Hall–Kier alpha value is -2.36. The van der Waals surface area contributed by atoms with E-state index in [1.165, 1.54) is 11.3 Å². The van der Waals surface area contributed by atoms with Crippen LogP contribution in [0.15, 0.2) is 53.8 Å². The van der Waals surface area contributed by atoms with E-state index in [4.69, 9.17) is 0 Å². The molecule has 0 aliphatic heterocycles. The third-order valence-corrected chi connectivity index (χ3v) is 4.58. The van der Waals surface area contributed by atoms with Gasteiger partial charge in [0.1, 0.15) is 0 Å². The molecule has 0 aliphatic rings. The average molecular weight is 507 g/mol. The molecular weight excluding hydrogens is 477 g/mol. The van der Waals surface area contributed by atoms with Crippen LogP contribution >= 0.6 is 24.0 Å². The Morgan fingerprint density at radius 1 is 1.10 bits per heavy atom. The number of aromatic nitrogens is 4. The molecule has 7 nitrogen and oxygen atoms in total. The molecule has 0 saturated heterocycles. The van der Waals surface area contributed by atoms with Crippen LogP contribution in [0.2, 0.25) is 0 Å². The van der Waals surface area contributed by atoms with Crippen molar-refractivity contribution in [2.45, 2.75) is 33.2 Å². The number of nitrogens with zero attached hydrogens (tertiary/aromatic N) is 5. The van der Waals surface area contributed by atoms with Crippen molar-refractivity contribution in [3.05, 3.63) is 65.7 Å². The molecule has 0 radical (unpaired) electrons. The van der Waals surface area contributed by atoms with Gasteiger partial charge in [0.15, 0.2) is 5.96 Å². The number of guanidine groups is 1. The molecule has 0 spiro atoms. The summed E-state index contributed by atoms with van der Waals surface area (Å²) in [7, 11) is 1.80. The molecule has 8 heteroatoms. The fraction of sp³-hybridized carbons (Fsp3) is 0.381. The van der Waals surface area contributed by atoms with Crippen molar-refractivity contribution in [2.24, 2.45) is 4.99 Å². The van der Waals surface area contributed by atoms with E-state index in [-0.39, 0.29) is 24.0 Å². The van der Waals surface area contributed by atoms with Crippen LogP contribution < -0.4 is 10.6 Å². The summed E-state index contributed by atoms with van der Waals surface area (Å²) in [5, 5.41) is 15.5. The fourth-order valence-corrected chi connectivity index (χ4v) is 3.12. The molecule has 0 bridgehead atoms. The number of benzene rings is 1. The van der Waals surface area contributed by atoms with Crippen molar-refractivity contribution in [1.82, 2.24) is 30.2 Å². The van der Waals surface area contributed by atoms with Gasteiger partial charge in [-0.15, -0.1) is 24.0 Å². The van der Waals surface area contributed by atoms with Gasteiger partial charge in [0.2, 0.25) is 0 Å². The first-order valence-electron chi connectivity index (χ1n) is 9.70. The second kappa shape index (κ2) is 11.6. The Balaban J connectivity index is 0.00000300. The summed E-state index contributed by atoms with van der Waals surface area (Å²) in [6, 6.07) is 12.5. The molecule has 1 aromatic carbocycles. The van der Waals surface area contributed by atoms with Gasteiger partial charge in [-0.25, -0.2) is 4.68 Å². The Morgan fingerprint density at radius 2 is 1.86 bits per heavy atom. The fourth-order valence-electron chi connectivity index (χ4n) is 3.12. The Morgan fingerprint density at radius 3 is 2.48 bits per heavy atom. The second-order valence-corrected chi connectivity index (χ2v) is 6.80. The smallest absolute Gasteiger partial charge is 0.190 e. The van der Waals surface area contributed by atoms with E-state index in [1.54, 1.807) is 13.2 Å². The molecule has 0 atom stereocenters. The zero-order valence-electron chi connectivity index (χ0n) is 17.3. The maximum atomic E-state index is 4.49. The van der Waals surface area contributed by atoms with Crippen LogP contribution in [-0.2, 0) is 13.0 Å². The van der Waals surface area contributed by atoms with E-state index in [2.05, 4.69) is 67.8 Å². The SMILES string of the molecule is CN=C(NCCCn1nc(C)cc1C)NCCc1ccc(-n2cccn2)cc1.I. The molecule has 3 aromatic rings. The summed E-state index contributed by atoms with van der Waals surface area (Å²) in [6.07, 6.45) is 5.66. The van der Waals surface area contributed by atoms with Crippen molar-refractivity contribution >= 4 is 29.9 Å². The summed E-state index contributed by atoms with van der Waals surface area (Å²) >= 11 is 0. The standard InChI is InChI=1S/C21H29N7.HI/c1-17-16-18(2)27(26-17)14-4-11-23-21(22-3)24-13-10-19-6-8-20(9-7-19)28-15-5-12-25-28;/h5-9,12,15-16H,4,10-11,13-14H2,1-3H3,(H2,22,23,24);1H. The van der Waals surface area contributed by atoms with Gasteiger partial charge in [-0.05, 0) is 56.5 Å². The first kappa shape index (κ1) is 22.9. The Kier molecular flexibility index (Phi) is 9.17. The van der Waals surface area contributed by atoms with Crippen molar-refractivity contribution in [3.8, 4) is 5.69 Å². The van der Waals surface area contributed by atoms with Crippen LogP contribution in [-0.4, -0.2) is 45.7 Å². The van der Waals surface area contributed by atoms with E-state index in [1.807, 2.05) is 23.9 Å². The van der Waals surface area contributed by atoms with Crippen LogP contribution in [0.3, 0.4) is 0 Å². The third kappa shape index (κ3) is 6.88. The molecule has 0 aliphatic carbocycles. The largest absolute Gasteiger partial charge is 0.356 e. The lowest BCUT2D eigenvalue weighted by Crippen LogP contribution is -2.39. The molecule has 2 heterocycles. The summed E-state index contributed by atoms with van der Waals surface area (Å²) in [5.41, 5.74) is 4.63. The second-order valence-electron chi connectivity index (χ2n) is 6.80. The first-order chi connectivity index (χ1) is 13.7. The molecule has 0 amide bonds. The summed E-state index contributed by atoms with van der Waals surface area (Å²) in [6.45, 7) is 6.72. The summed E-state index contributed by atoms with van der Waals surface area (Å²) in [5.74, 6) is 0.835. The number of aryl methyl sites for hydroxylation is 3. The van der Waals surface area contributed by atoms with Crippen molar-refractivity contribution in [1.29, 1.82) is 0 Å². The molecule has 0 saturated carbocycles. The van der Waals surface area contributed by atoms with Crippen molar-refractivity contribution < 1.29 is 0 Å². The molecule has 3 rings (SSSR count). The number of aliphatic imine (C=N–C) groups is 1. The Labute approximate surface area is 189 Å². The average Bonchev–Trinajstić information content (AvgIpc) is 3.34. The number of halogens is 1. The number of rotatable bonds is 8. The molecular formula is C21H30IN7. The van der Waals surface area contributed by atoms with Crippen LogP contribution in [0.5, 0.6) is 0 Å². The topological polar surface area (TPSA) is 72.1 Å². The number of nitrogens with one attached hydrogen (secondary N) is 2. The summed E-state index contributed by atoms with van der Waals surface area (Å²) < 4.78 is 3.92. The zero-order chi connectivity index (χ0) is 19.8. The lowest BCUT2D eigenvalue weighted by atomic mass is 10.1. The quantitative estimate of drug-likeness (QED) is 0.213. The molecule has 0 unspecified atom stereocenters. The number of hydrogen-bond donors (Lipinski definition) is 2. The lowest BCUT2D eigenvalue weighted by Gasteiger charge is -2.12. The van der Waals surface area contributed by atoms with Gasteiger partial charge in [0, 0.05) is 44.8 Å². The van der Waals surface area contributed by atoms with Gasteiger partial charge < -0.3 is 10.6 Å². The predicted octanol–water partition coefficient (Wildman–Crippen LogP) is 3.10. The highest BCUT2D eigenvalue weighted by Gasteiger charge is 2.02. The normalized spacial score (nSPS) is 11.2. The molecule has 2 aromatic heterocycles. The van der Waals surface area contributed by atoms with Crippen LogP contribution in [0.4, 0.5) is 0 Å². The van der Waals surface area contributed by atoms with Crippen molar-refractivity contribution in [3.63, 3.8) is 0 Å². The van der Waals surface area contributed by atoms with Crippen LogP contribution in [0, 0.1) is 13.8 Å². The lowest BCUT2D eigenvalue weighted by molar-refractivity contribution is 0.555. The molecule has 0 fully saturated rings. The van der Waals surface area contributed by atoms with Gasteiger partial charge in [-0.3, -0.25) is 9.67 Å². The molecule has 29 heavy (non-hydrogen) atoms. The van der Waals surface area contributed by atoms with Crippen molar-refractivity contribution in [2.75, 3.05) is 20.1 Å². The zero-order valence-corrected chi connectivity index (χ0v) is 19.6. The van der Waals surface area contributed by atoms with E-state index in [0.717, 1.165) is 49.8 Å². The molecule has 2 N–H and O–H groups in total. The van der Waals surface area contributed by atoms with Crippen LogP contribution in [0.25, 0.3) is 5.69 Å². The maximum Gasteiger partial charge on any atom is 0.190 e. The minimum absolute atomic E-state index is 0. The highest BCUT2D eigenvalue weighted by Crippen LogP contribution is 2.08. The highest BCUT2D eigenvalue weighted by atomic mass is 127.